The lowest BCUT2D eigenvalue weighted by atomic mass is 10.2. The summed E-state index contributed by atoms with van der Waals surface area (Å²) in [5.74, 6) is 2.17. The molecule has 0 spiro atoms. The number of alkyl halides is 1. The molecule has 16 heavy (non-hydrogen) atoms. The Balaban J connectivity index is 2.05. The van der Waals surface area contributed by atoms with E-state index < -0.39 is 0 Å². The van der Waals surface area contributed by atoms with Crippen LogP contribution in [0.15, 0.2) is 0 Å². The van der Waals surface area contributed by atoms with Crippen molar-refractivity contribution >= 4 is 15.9 Å². The molecule has 0 aliphatic heterocycles. The van der Waals surface area contributed by atoms with Crippen LogP contribution in [-0.4, -0.2) is 28.0 Å². The zero-order chi connectivity index (χ0) is 11.5. The van der Waals surface area contributed by atoms with Crippen molar-refractivity contribution in [1.82, 2.24) is 14.8 Å². The largest absolute Gasteiger partial charge is 0.382 e. The van der Waals surface area contributed by atoms with E-state index in [2.05, 4.69) is 37.6 Å². The van der Waals surface area contributed by atoms with Gasteiger partial charge >= 0.3 is 0 Å². The van der Waals surface area contributed by atoms with Crippen LogP contribution >= 0.6 is 15.9 Å². The minimum Gasteiger partial charge on any atom is -0.382 e. The van der Waals surface area contributed by atoms with E-state index in [4.69, 9.17) is 4.74 Å². The second-order valence-electron chi connectivity index (χ2n) is 4.35. The van der Waals surface area contributed by atoms with Gasteiger partial charge in [-0.3, -0.25) is 0 Å². The SMILES string of the molecule is COC(C)CCc1nnc(CBr)n1C1CC1. The second kappa shape index (κ2) is 5.27. The molecule has 0 radical (unpaired) electrons. The minimum absolute atomic E-state index is 0.289. The molecule has 1 fully saturated rings. The predicted octanol–water partition coefficient (Wildman–Crippen LogP) is 2.48. The van der Waals surface area contributed by atoms with Gasteiger partial charge in [-0.15, -0.1) is 10.2 Å². The van der Waals surface area contributed by atoms with Crippen LogP contribution in [0.25, 0.3) is 0 Å². The Hall–Kier alpha value is -0.420. The Labute approximate surface area is 105 Å². The maximum Gasteiger partial charge on any atom is 0.143 e. The molecule has 1 atom stereocenters. The summed E-state index contributed by atoms with van der Waals surface area (Å²) >= 11 is 3.46. The van der Waals surface area contributed by atoms with Gasteiger partial charge < -0.3 is 9.30 Å². The molecule has 1 aromatic rings. The third-order valence-corrected chi connectivity index (χ3v) is 3.55. The van der Waals surface area contributed by atoms with E-state index in [0.717, 1.165) is 29.8 Å². The summed E-state index contributed by atoms with van der Waals surface area (Å²) in [6, 6.07) is 0.649. The third kappa shape index (κ3) is 2.63. The van der Waals surface area contributed by atoms with Crippen LogP contribution in [0.2, 0.25) is 0 Å². The molecule has 90 valence electrons. The van der Waals surface area contributed by atoms with Crippen LogP contribution in [0.4, 0.5) is 0 Å². The van der Waals surface area contributed by atoms with Crippen LogP contribution in [0.3, 0.4) is 0 Å². The van der Waals surface area contributed by atoms with Gasteiger partial charge in [-0.1, -0.05) is 15.9 Å². The Kier molecular flexibility index (Phi) is 3.97. The monoisotopic (exact) mass is 287 g/mol. The van der Waals surface area contributed by atoms with E-state index in [0.29, 0.717) is 6.04 Å². The quantitative estimate of drug-likeness (QED) is 0.755. The van der Waals surface area contributed by atoms with Gasteiger partial charge in [0.05, 0.1) is 11.4 Å². The second-order valence-corrected chi connectivity index (χ2v) is 4.91. The van der Waals surface area contributed by atoms with E-state index in [9.17, 15) is 0 Å². The van der Waals surface area contributed by atoms with Gasteiger partial charge in [0.15, 0.2) is 0 Å². The van der Waals surface area contributed by atoms with Crippen molar-refractivity contribution in [3.05, 3.63) is 11.6 Å². The molecule has 5 heteroatoms. The number of nitrogens with zero attached hydrogens (tertiary/aromatic N) is 3. The average molecular weight is 288 g/mol. The summed E-state index contributed by atoms with van der Waals surface area (Å²) in [5.41, 5.74) is 0. The van der Waals surface area contributed by atoms with Crippen molar-refractivity contribution in [3.8, 4) is 0 Å². The van der Waals surface area contributed by atoms with Crippen LogP contribution in [0.1, 0.15) is 43.9 Å². The molecule has 0 aromatic carbocycles. The Morgan fingerprint density at radius 1 is 1.44 bits per heavy atom. The lowest BCUT2D eigenvalue weighted by molar-refractivity contribution is 0.110. The van der Waals surface area contributed by atoms with E-state index in [1.54, 1.807) is 7.11 Å². The first kappa shape index (κ1) is 12.0. The molecule has 4 nitrogen and oxygen atoms in total. The molecular weight excluding hydrogens is 270 g/mol. The van der Waals surface area contributed by atoms with Crippen LogP contribution in [0, 0.1) is 0 Å². The molecular formula is C11H18BrN3O. The average Bonchev–Trinajstić information content (AvgIpc) is 3.06. The Bertz CT molecular complexity index is 349. The van der Waals surface area contributed by atoms with Crippen LogP contribution in [-0.2, 0) is 16.5 Å². The fourth-order valence-corrected chi connectivity index (χ4v) is 2.21. The first-order valence-corrected chi connectivity index (χ1v) is 6.89. The number of methoxy groups -OCH3 is 1. The maximum absolute atomic E-state index is 5.25. The number of hydrogen-bond donors (Lipinski definition) is 0. The van der Waals surface area contributed by atoms with Crippen LogP contribution in [0.5, 0.6) is 0 Å². The van der Waals surface area contributed by atoms with Gasteiger partial charge in [0, 0.05) is 19.6 Å². The summed E-state index contributed by atoms with van der Waals surface area (Å²) in [6.45, 7) is 2.09. The molecule has 1 heterocycles. The molecule has 0 saturated heterocycles. The van der Waals surface area contributed by atoms with E-state index in [-0.39, 0.29) is 6.10 Å². The zero-order valence-electron chi connectivity index (χ0n) is 9.82. The number of ether oxygens (including phenoxy) is 1. The van der Waals surface area contributed by atoms with E-state index in [1.807, 2.05) is 0 Å². The summed E-state index contributed by atoms with van der Waals surface area (Å²) < 4.78 is 7.56. The van der Waals surface area contributed by atoms with Crippen molar-refractivity contribution in [3.63, 3.8) is 0 Å². The molecule has 0 bridgehead atoms. The summed E-state index contributed by atoms with van der Waals surface area (Å²) in [7, 11) is 1.75. The molecule has 1 aliphatic rings. The number of hydrogen-bond acceptors (Lipinski definition) is 3. The maximum atomic E-state index is 5.25. The van der Waals surface area contributed by atoms with Crippen molar-refractivity contribution < 1.29 is 4.74 Å². The fraction of sp³-hybridized carbons (Fsp3) is 0.818. The standard InChI is InChI=1S/C11H18BrN3O/c1-8(16-2)3-6-10-13-14-11(7-12)15(10)9-4-5-9/h8-9H,3-7H2,1-2H3. The lowest BCUT2D eigenvalue weighted by Gasteiger charge is -2.10. The van der Waals surface area contributed by atoms with E-state index >= 15 is 0 Å². The van der Waals surface area contributed by atoms with E-state index in [1.165, 1.54) is 12.8 Å². The van der Waals surface area contributed by atoms with Gasteiger partial charge in [-0.25, -0.2) is 0 Å². The number of rotatable bonds is 6. The highest BCUT2D eigenvalue weighted by Crippen LogP contribution is 2.37. The minimum atomic E-state index is 0.289. The number of aryl methyl sites for hydroxylation is 1. The first-order chi connectivity index (χ1) is 7.76. The van der Waals surface area contributed by atoms with Gasteiger partial charge in [0.2, 0.25) is 0 Å². The van der Waals surface area contributed by atoms with Crippen molar-refractivity contribution in [1.29, 1.82) is 0 Å². The predicted molar refractivity (Wildman–Crippen MR) is 65.7 cm³/mol. The molecule has 1 aromatic heterocycles. The van der Waals surface area contributed by atoms with Crippen LogP contribution < -0.4 is 0 Å². The number of halogens is 1. The normalized spacial score (nSPS) is 17.7. The van der Waals surface area contributed by atoms with Gasteiger partial charge in [-0.2, -0.15) is 0 Å². The lowest BCUT2D eigenvalue weighted by Crippen LogP contribution is -2.10. The molecule has 1 saturated carbocycles. The first-order valence-electron chi connectivity index (χ1n) is 5.77. The van der Waals surface area contributed by atoms with Gasteiger partial charge in [0.25, 0.3) is 0 Å². The molecule has 0 N–H and O–H groups in total. The molecule has 0 amide bonds. The highest BCUT2D eigenvalue weighted by molar-refractivity contribution is 9.08. The highest BCUT2D eigenvalue weighted by atomic mass is 79.9. The molecule has 1 unspecified atom stereocenters. The summed E-state index contributed by atoms with van der Waals surface area (Å²) in [4.78, 5) is 0. The van der Waals surface area contributed by atoms with Crippen molar-refractivity contribution in [2.45, 2.75) is 50.1 Å². The van der Waals surface area contributed by atoms with Crippen molar-refractivity contribution in [2.75, 3.05) is 7.11 Å². The van der Waals surface area contributed by atoms with Crippen molar-refractivity contribution in [2.24, 2.45) is 0 Å². The highest BCUT2D eigenvalue weighted by Gasteiger charge is 2.28. The van der Waals surface area contributed by atoms with Gasteiger partial charge in [0.1, 0.15) is 11.6 Å². The molecule has 1 aliphatic carbocycles. The Morgan fingerprint density at radius 3 is 2.69 bits per heavy atom. The third-order valence-electron chi connectivity index (χ3n) is 3.05. The summed E-state index contributed by atoms with van der Waals surface area (Å²) in [6.07, 6.45) is 4.78. The number of aromatic nitrogens is 3. The van der Waals surface area contributed by atoms with Gasteiger partial charge in [-0.05, 0) is 26.2 Å². The Morgan fingerprint density at radius 2 is 2.12 bits per heavy atom. The zero-order valence-corrected chi connectivity index (χ0v) is 11.4. The fourth-order valence-electron chi connectivity index (χ4n) is 1.83. The molecule has 2 rings (SSSR count). The summed E-state index contributed by atoms with van der Waals surface area (Å²) in [5, 5.41) is 9.29. The smallest absolute Gasteiger partial charge is 0.143 e. The topological polar surface area (TPSA) is 39.9 Å².